The van der Waals surface area contributed by atoms with Crippen molar-refractivity contribution in [2.75, 3.05) is 26.4 Å². The number of aryl methyl sites for hydroxylation is 1. The third kappa shape index (κ3) is 4.15. The Morgan fingerprint density at radius 1 is 1.43 bits per heavy atom. The number of carbonyl (C=O) groups excluding carboxylic acids is 1. The van der Waals surface area contributed by atoms with E-state index >= 15 is 0 Å². The lowest BCUT2D eigenvalue weighted by Crippen LogP contribution is -2.29. The summed E-state index contributed by atoms with van der Waals surface area (Å²) in [4.78, 5) is 11.0. The van der Waals surface area contributed by atoms with Gasteiger partial charge in [0.1, 0.15) is 5.82 Å². The molecule has 1 aromatic carbocycles. The number of benzene rings is 1. The molecule has 0 amide bonds. The zero-order chi connectivity index (χ0) is 16.2. The number of rotatable bonds is 6. The highest BCUT2D eigenvalue weighted by Gasteiger charge is 2.24. The molecule has 8 heteroatoms. The maximum absolute atomic E-state index is 13.3. The minimum atomic E-state index is -3.78. The molecule has 6 nitrogen and oxygen atoms in total. The molecule has 0 aromatic heterocycles. The number of carbonyl (C=O) groups is 1. The minimum Gasteiger partial charge on any atom is -0.469 e. The number of nitrogens with zero attached hydrogens (tertiary/aromatic N) is 1. The molecule has 1 aromatic rings. The SMILES string of the molecule is COC(=O)CCCN(C)S(=O)(=O)c1cc(N)c(F)cc1C. The second kappa shape index (κ2) is 6.86. The van der Waals surface area contributed by atoms with Crippen molar-refractivity contribution in [2.45, 2.75) is 24.7 Å². The Balaban J connectivity index is 2.90. The van der Waals surface area contributed by atoms with Gasteiger partial charge in [-0.15, -0.1) is 0 Å². The fraction of sp³-hybridized carbons (Fsp3) is 0.462. The van der Waals surface area contributed by atoms with Crippen LogP contribution in [0, 0.1) is 12.7 Å². The second-order valence-electron chi connectivity index (χ2n) is 4.65. The van der Waals surface area contributed by atoms with E-state index in [0.29, 0.717) is 6.42 Å². The predicted molar refractivity (Wildman–Crippen MR) is 76.6 cm³/mol. The molecule has 0 atom stereocenters. The van der Waals surface area contributed by atoms with Gasteiger partial charge in [-0.2, -0.15) is 0 Å². The number of hydrogen-bond acceptors (Lipinski definition) is 5. The van der Waals surface area contributed by atoms with Crippen LogP contribution in [0.3, 0.4) is 0 Å². The normalized spacial score (nSPS) is 11.7. The highest BCUT2D eigenvalue weighted by molar-refractivity contribution is 7.89. The average Bonchev–Trinajstić information content (AvgIpc) is 2.42. The Kier molecular flexibility index (Phi) is 5.68. The predicted octanol–water partition coefficient (Wildman–Crippen LogP) is 1.29. The Hall–Kier alpha value is -1.67. The summed E-state index contributed by atoms with van der Waals surface area (Å²) in [7, 11) is -1.11. The first-order chi connectivity index (χ1) is 9.70. The zero-order valence-corrected chi connectivity index (χ0v) is 13.0. The van der Waals surface area contributed by atoms with Crippen molar-refractivity contribution >= 4 is 21.7 Å². The van der Waals surface area contributed by atoms with Crippen molar-refractivity contribution in [1.82, 2.24) is 4.31 Å². The first kappa shape index (κ1) is 17.4. The van der Waals surface area contributed by atoms with E-state index in [4.69, 9.17) is 5.73 Å². The summed E-state index contributed by atoms with van der Waals surface area (Å²) in [5, 5.41) is 0. The third-order valence-electron chi connectivity index (χ3n) is 3.06. The van der Waals surface area contributed by atoms with E-state index in [9.17, 15) is 17.6 Å². The number of esters is 1. The molecule has 0 saturated heterocycles. The van der Waals surface area contributed by atoms with Crippen molar-refractivity contribution in [1.29, 1.82) is 0 Å². The van der Waals surface area contributed by atoms with Crippen LogP contribution in [0.15, 0.2) is 17.0 Å². The largest absolute Gasteiger partial charge is 0.469 e. The molecule has 0 aliphatic carbocycles. The van der Waals surface area contributed by atoms with Crippen LogP contribution in [-0.4, -0.2) is 39.4 Å². The second-order valence-corrected chi connectivity index (χ2v) is 6.66. The third-order valence-corrected chi connectivity index (χ3v) is 5.06. The summed E-state index contributed by atoms with van der Waals surface area (Å²) in [5.74, 6) is -1.05. The molecular formula is C13H19FN2O4S. The number of ether oxygens (including phenoxy) is 1. The number of halogens is 1. The molecule has 1 rings (SSSR count). The number of nitrogens with two attached hydrogens (primary N) is 1. The quantitative estimate of drug-likeness (QED) is 0.630. The summed E-state index contributed by atoms with van der Waals surface area (Å²) in [6, 6.07) is 2.20. The van der Waals surface area contributed by atoms with E-state index in [1.165, 1.54) is 21.1 Å². The Labute approximate surface area is 123 Å². The molecule has 2 N–H and O–H groups in total. The van der Waals surface area contributed by atoms with Crippen LogP contribution in [0.2, 0.25) is 0 Å². The number of sulfonamides is 1. The Morgan fingerprint density at radius 2 is 2.05 bits per heavy atom. The lowest BCUT2D eigenvalue weighted by atomic mass is 10.2. The van der Waals surface area contributed by atoms with Crippen LogP contribution >= 0.6 is 0 Å². The molecular weight excluding hydrogens is 299 g/mol. The molecule has 0 saturated carbocycles. The maximum Gasteiger partial charge on any atom is 0.305 e. The van der Waals surface area contributed by atoms with Crippen molar-refractivity contribution in [3.8, 4) is 0 Å². The van der Waals surface area contributed by atoms with Gasteiger partial charge in [-0.05, 0) is 31.0 Å². The number of methoxy groups -OCH3 is 1. The summed E-state index contributed by atoms with van der Waals surface area (Å²) in [5.41, 5.74) is 5.48. The number of hydrogen-bond donors (Lipinski definition) is 1. The molecule has 0 aliphatic rings. The number of anilines is 1. The molecule has 0 radical (unpaired) electrons. The molecule has 0 heterocycles. The van der Waals surface area contributed by atoms with E-state index in [2.05, 4.69) is 4.74 Å². The topological polar surface area (TPSA) is 89.7 Å². The lowest BCUT2D eigenvalue weighted by molar-refractivity contribution is -0.140. The number of nitrogen functional groups attached to an aromatic ring is 1. The van der Waals surface area contributed by atoms with Gasteiger partial charge in [-0.3, -0.25) is 4.79 Å². The van der Waals surface area contributed by atoms with Gasteiger partial charge in [-0.1, -0.05) is 0 Å². The first-order valence-corrected chi connectivity index (χ1v) is 7.73. The zero-order valence-electron chi connectivity index (χ0n) is 12.2. The van der Waals surface area contributed by atoms with Crippen LogP contribution in [0.1, 0.15) is 18.4 Å². The van der Waals surface area contributed by atoms with Gasteiger partial charge in [0.2, 0.25) is 10.0 Å². The van der Waals surface area contributed by atoms with Crippen LogP contribution in [0.25, 0.3) is 0 Å². The van der Waals surface area contributed by atoms with Gasteiger partial charge in [0.25, 0.3) is 0 Å². The monoisotopic (exact) mass is 318 g/mol. The molecule has 0 aliphatic heterocycles. The van der Waals surface area contributed by atoms with Crippen LogP contribution < -0.4 is 5.73 Å². The standard InChI is InChI=1S/C13H19FN2O4S/c1-9-7-10(14)11(15)8-12(9)21(18,19)16(2)6-4-5-13(17)20-3/h7-8H,4-6,15H2,1-3H3. The molecule has 0 spiro atoms. The molecule has 0 fully saturated rings. The molecule has 0 unspecified atom stereocenters. The average molecular weight is 318 g/mol. The van der Waals surface area contributed by atoms with Crippen molar-refractivity contribution < 1.29 is 22.3 Å². The molecule has 21 heavy (non-hydrogen) atoms. The van der Waals surface area contributed by atoms with Gasteiger partial charge >= 0.3 is 5.97 Å². The van der Waals surface area contributed by atoms with E-state index < -0.39 is 21.8 Å². The van der Waals surface area contributed by atoms with Gasteiger partial charge in [0.05, 0.1) is 17.7 Å². The molecule has 118 valence electrons. The fourth-order valence-electron chi connectivity index (χ4n) is 1.78. The van der Waals surface area contributed by atoms with E-state index in [0.717, 1.165) is 16.4 Å². The maximum atomic E-state index is 13.3. The van der Waals surface area contributed by atoms with Gasteiger partial charge in [0, 0.05) is 20.0 Å². The minimum absolute atomic E-state index is 0.0398. The van der Waals surface area contributed by atoms with Crippen molar-refractivity contribution in [3.05, 3.63) is 23.5 Å². The fourth-order valence-corrected chi connectivity index (χ4v) is 3.23. The first-order valence-electron chi connectivity index (χ1n) is 6.29. The van der Waals surface area contributed by atoms with Crippen LogP contribution in [-0.2, 0) is 19.6 Å². The van der Waals surface area contributed by atoms with Gasteiger partial charge in [0.15, 0.2) is 0 Å². The summed E-state index contributed by atoms with van der Waals surface area (Å²) >= 11 is 0. The van der Waals surface area contributed by atoms with Crippen LogP contribution in [0.4, 0.5) is 10.1 Å². The van der Waals surface area contributed by atoms with Crippen LogP contribution in [0.5, 0.6) is 0 Å². The smallest absolute Gasteiger partial charge is 0.305 e. The Bertz CT molecular complexity index is 631. The summed E-state index contributed by atoms with van der Waals surface area (Å²) in [6.45, 7) is 1.64. The van der Waals surface area contributed by atoms with Crippen molar-refractivity contribution in [3.63, 3.8) is 0 Å². The Morgan fingerprint density at radius 3 is 2.62 bits per heavy atom. The van der Waals surface area contributed by atoms with Crippen molar-refractivity contribution in [2.24, 2.45) is 0 Å². The van der Waals surface area contributed by atoms with E-state index in [-0.39, 0.29) is 29.1 Å². The van der Waals surface area contributed by atoms with Gasteiger partial charge in [-0.25, -0.2) is 17.1 Å². The summed E-state index contributed by atoms with van der Waals surface area (Å²) in [6.07, 6.45) is 0.457. The van der Waals surface area contributed by atoms with E-state index in [1.54, 1.807) is 0 Å². The highest BCUT2D eigenvalue weighted by Crippen LogP contribution is 2.24. The molecule has 0 bridgehead atoms. The van der Waals surface area contributed by atoms with E-state index in [1.807, 2.05) is 0 Å². The van der Waals surface area contributed by atoms with Gasteiger partial charge < -0.3 is 10.5 Å². The lowest BCUT2D eigenvalue weighted by Gasteiger charge is -2.18. The highest BCUT2D eigenvalue weighted by atomic mass is 32.2. The summed E-state index contributed by atoms with van der Waals surface area (Å²) < 4.78 is 43.7.